The second kappa shape index (κ2) is 7.24. The first-order valence-electron chi connectivity index (χ1n) is 7.43. The third-order valence-corrected chi connectivity index (χ3v) is 4.30. The Hall–Kier alpha value is -2.40. The van der Waals surface area contributed by atoms with Gasteiger partial charge in [-0.15, -0.1) is 11.8 Å². The number of benzene rings is 2. The fraction of sp³-hybridized carbons (Fsp3) is 0.167. The van der Waals surface area contributed by atoms with Gasteiger partial charge < -0.3 is 5.32 Å². The molecule has 0 aliphatic heterocycles. The highest BCUT2D eigenvalue weighted by molar-refractivity contribution is 7.99. The van der Waals surface area contributed by atoms with Gasteiger partial charge in [-0.2, -0.15) is 0 Å². The second-order valence-electron chi connectivity index (χ2n) is 5.11. The zero-order valence-electron chi connectivity index (χ0n) is 12.8. The predicted octanol–water partition coefficient (Wildman–Crippen LogP) is 4.06. The van der Waals surface area contributed by atoms with E-state index >= 15 is 0 Å². The second-order valence-corrected chi connectivity index (χ2v) is 6.19. The Bertz CT molecular complexity index is 821. The summed E-state index contributed by atoms with van der Waals surface area (Å²) in [5.41, 5.74) is 1.77. The van der Waals surface area contributed by atoms with E-state index in [1.165, 1.54) is 0 Å². The van der Waals surface area contributed by atoms with Gasteiger partial charge in [-0.3, -0.25) is 4.79 Å². The van der Waals surface area contributed by atoms with Gasteiger partial charge in [0.1, 0.15) is 10.9 Å². The smallest absolute Gasteiger partial charge is 0.225 e. The van der Waals surface area contributed by atoms with E-state index in [2.05, 4.69) is 15.3 Å². The predicted molar refractivity (Wildman–Crippen MR) is 94.7 cm³/mol. The van der Waals surface area contributed by atoms with Crippen molar-refractivity contribution in [2.45, 2.75) is 18.4 Å². The number of anilines is 1. The van der Waals surface area contributed by atoms with Crippen LogP contribution in [0, 0.1) is 6.92 Å². The van der Waals surface area contributed by atoms with E-state index in [4.69, 9.17) is 0 Å². The van der Waals surface area contributed by atoms with Crippen molar-refractivity contribution in [1.29, 1.82) is 0 Å². The zero-order valence-corrected chi connectivity index (χ0v) is 13.6. The molecule has 4 nitrogen and oxygen atoms in total. The van der Waals surface area contributed by atoms with E-state index in [-0.39, 0.29) is 5.91 Å². The summed E-state index contributed by atoms with van der Waals surface area (Å²) in [6.45, 7) is 1.89. The van der Waals surface area contributed by atoms with Crippen molar-refractivity contribution in [3.05, 3.63) is 60.4 Å². The van der Waals surface area contributed by atoms with Gasteiger partial charge in [0.15, 0.2) is 0 Å². The molecule has 0 saturated heterocycles. The van der Waals surface area contributed by atoms with E-state index in [1.54, 1.807) is 11.8 Å². The van der Waals surface area contributed by atoms with E-state index < -0.39 is 0 Å². The largest absolute Gasteiger partial charge is 0.326 e. The molecule has 5 heteroatoms. The van der Waals surface area contributed by atoms with E-state index in [0.717, 1.165) is 27.4 Å². The number of rotatable bonds is 5. The van der Waals surface area contributed by atoms with E-state index in [9.17, 15) is 4.79 Å². The van der Waals surface area contributed by atoms with Crippen LogP contribution >= 0.6 is 11.8 Å². The fourth-order valence-corrected chi connectivity index (χ4v) is 3.26. The maximum Gasteiger partial charge on any atom is 0.225 e. The third-order valence-electron chi connectivity index (χ3n) is 3.31. The molecule has 116 valence electrons. The average Bonchev–Trinajstić information content (AvgIpc) is 2.55. The van der Waals surface area contributed by atoms with Crippen molar-refractivity contribution >= 4 is 34.3 Å². The number of hydrogen-bond donors (Lipinski definition) is 1. The Labute approximate surface area is 139 Å². The Morgan fingerprint density at radius 2 is 1.78 bits per heavy atom. The van der Waals surface area contributed by atoms with Crippen molar-refractivity contribution in [2.75, 3.05) is 11.1 Å². The molecule has 3 rings (SSSR count). The Morgan fingerprint density at radius 3 is 2.61 bits per heavy atom. The lowest BCUT2D eigenvalue weighted by Gasteiger charge is -2.07. The number of amides is 1. The first-order chi connectivity index (χ1) is 11.2. The van der Waals surface area contributed by atoms with Crippen LogP contribution in [0.3, 0.4) is 0 Å². The summed E-state index contributed by atoms with van der Waals surface area (Å²) in [5, 5.41) is 4.86. The van der Waals surface area contributed by atoms with Crippen molar-refractivity contribution in [2.24, 2.45) is 0 Å². The topological polar surface area (TPSA) is 54.9 Å². The molecule has 1 heterocycles. The van der Waals surface area contributed by atoms with Gasteiger partial charge in [0.05, 0.1) is 5.52 Å². The molecule has 0 unspecified atom stereocenters. The minimum absolute atomic E-state index is 0.0128. The number of carbonyl (C=O) groups excluding carboxylic acids is 1. The molecule has 0 atom stereocenters. The summed E-state index contributed by atoms with van der Waals surface area (Å²) in [6, 6.07) is 17.4. The molecule has 3 aromatic rings. The first-order valence-corrected chi connectivity index (χ1v) is 8.42. The van der Waals surface area contributed by atoms with Crippen LogP contribution in [0.4, 0.5) is 5.69 Å². The molecule has 0 radical (unpaired) electrons. The van der Waals surface area contributed by atoms with Crippen LogP contribution in [-0.4, -0.2) is 21.6 Å². The quantitative estimate of drug-likeness (QED) is 0.568. The summed E-state index contributed by atoms with van der Waals surface area (Å²) in [7, 11) is 0. The van der Waals surface area contributed by atoms with Crippen molar-refractivity contribution in [3.63, 3.8) is 0 Å². The molecule has 0 aliphatic carbocycles. The molecule has 1 N–H and O–H groups in total. The molecule has 0 spiro atoms. The van der Waals surface area contributed by atoms with Gasteiger partial charge >= 0.3 is 0 Å². The number of para-hydroxylation sites is 2. The molecule has 0 bridgehead atoms. The highest BCUT2D eigenvalue weighted by atomic mass is 32.2. The normalized spacial score (nSPS) is 10.7. The van der Waals surface area contributed by atoms with Crippen LogP contribution in [0.5, 0.6) is 0 Å². The fourth-order valence-electron chi connectivity index (χ4n) is 2.25. The van der Waals surface area contributed by atoms with E-state index in [1.807, 2.05) is 61.5 Å². The summed E-state index contributed by atoms with van der Waals surface area (Å²) in [5.74, 6) is 1.44. The van der Waals surface area contributed by atoms with Crippen LogP contribution in [0.25, 0.3) is 10.9 Å². The van der Waals surface area contributed by atoms with Crippen molar-refractivity contribution in [1.82, 2.24) is 9.97 Å². The van der Waals surface area contributed by atoms with Gasteiger partial charge in [0.25, 0.3) is 0 Å². The molecule has 1 aromatic heterocycles. The summed E-state index contributed by atoms with van der Waals surface area (Å²) in [6.07, 6.45) is 0.441. The Balaban J connectivity index is 1.62. The molecule has 1 amide bonds. The number of nitrogens with one attached hydrogen (secondary N) is 1. The van der Waals surface area contributed by atoms with Crippen LogP contribution in [0.1, 0.15) is 12.2 Å². The molecular formula is C18H17N3OS. The number of thioether (sulfide) groups is 1. The summed E-state index contributed by atoms with van der Waals surface area (Å²) < 4.78 is 0. The lowest BCUT2D eigenvalue weighted by atomic mass is 10.2. The van der Waals surface area contributed by atoms with Gasteiger partial charge in [-0.05, 0) is 25.1 Å². The van der Waals surface area contributed by atoms with Gasteiger partial charge in [-0.1, -0.05) is 36.4 Å². The number of hydrogen-bond acceptors (Lipinski definition) is 4. The van der Waals surface area contributed by atoms with Crippen LogP contribution < -0.4 is 5.32 Å². The molecule has 0 aliphatic rings. The monoisotopic (exact) mass is 323 g/mol. The zero-order chi connectivity index (χ0) is 16.1. The van der Waals surface area contributed by atoms with Crippen molar-refractivity contribution in [3.8, 4) is 0 Å². The highest BCUT2D eigenvalue weighted by Crippen LogP contribution is 2.25. The Kier molecular flexibility index (Phi) is 4.88. The number of fused-ring (bicyclic) bond motifs is 1. The maximum atomic E-state index is 12.0. The first kappa shape index (κ1) is 15.5. The lowest BCUT2D eigenvalue weighted by Crippen LogP contribution is -2.12. The average molecular weight is 323 g/mol. The molecule has 23 heavy (non-hydrogen) atoms. The number of aromatic nitrogens is 2. The number of aryl methyl sites for hydroxylation is 1. The third kappa shape index (κ3) is 4.07. The molecule has 2 aromatic carbocycles. The van der Waals surface area contributed by atoms with Crippen LogP contribution in [0.15, 0.2) is 59.6 Å². The minimum Gasteiger partial charge on any atom is -0.326 e. The SMILES string of the molecule is Cc1nc(SCCC(=O)Nc2ccccc2)c2ccccc2n1. The van der Waals surface area contributed by atoms with Gasteiger partial charge in [0, 0.05) is 23.2 Å². The maximum absolute atomic E-state index is 12.0. The van der Waals surface area contributed by atoms with Gasteiger partial charge in [0.2, 0.25) is 5.91 Å². The van der Waals surface area contributed by atoms with E-state index in [0.29, 0.717) is 12.2 Å². The summed E-state index contributed by atoms with van der Waals surface area (Å²) in [4.78, 5) is 20.9. The van der Waals surface area contributed by atoms with Crippen LogP contribution in [-0.2, 0) is 4.79 Å². The highest BCUT2D eigenvalue weighted by Gasteiger charge is 2.08. The van der Waals surface area contributed by atoms with Crippen molar-refractivity contribution < 1.29 is 4.79 Å². The summed E-state index contributed by atoms with van der Waals surface area (Å²) >= 11 is 1.59. The molecule has 0 saturated carbocycles. The minimum atomic E-state index is 0.0128. The molecule has 0 fully saturated rings. The number of nitrogens with zero attached hydrogens (tertiary/aromatic N) is 2. The molecular weight excluding hydrogens is 306 g/mol. The van der Waals surface area contributed by atoms with Crippen LogP contribution in [0.2, 0.25) is 0 Å². The Morgan fingerprint density at radius 1 is 1.04 bits per heavy atom. The standard InChI is InChI=1S/C18H17N3OS/c1-13-19-16-10-6-5-9-15(16)18(20-13)23-12-11-17(22)21-14-7-3-2-4-8-14/h2-10H,11-12H2,1H3,(H,21,22). The number of carbonyl (C=O) groups is 1. The van der Waals surface area contributed by atoms with Gasteiger partial charge in [-0.25, -0.2) is 9.97 Å². The lowest BCUT2D eigenvalue weighted by molar-refractivity contribution is -0.115.